The molecule has 0 saturated carbocycles. The van der Waals surface area contributed by atoms with Gasteiger partial charge in [0.15, 0.2) is 0 Å². The molecule has 2 rings (SSSR count). The van der Waals surface area contributed by atoms with Gasteiger partial charge in [-0.1, -0.05) is 0 Å². The van der Waals surface area contributed by atoms with Crippen molar-refractivity contribution in [3.63, 3.8) is 0 Å². The van der Waals surface area contributed by atoms with Crippen molar-refractivity contribution >= 4 is 11.9 Å². The van der Waals surface area contributed by atoms with Crippen LogP contribution in [0.3, 0.4) is 0 Å². The van der Waals surface area contributed by atoms with Crippen molar-refractivity contribution in [2.75, 3.05) is 13.2 Å². The number of likely N-dealkylation sites (tertiary alicyclic amines) is 1. The number of nitrogens with zero attached hydrogens (tertiary/aromatic N) is 2. The molecule has 0 radical (unpaired) electrons. The molecule has 0 spiro atoms. The topological polar surface area (TPSA) is 59.5 Å². The van der Waals surface area contributed by atoms with Crippen LogP contribution in [0.5, 0.6) is 0 Å². The van der Waals surface area contributed by atoms with Gasteiger partial charge in [0.05, 0.1) is 6.61 Å². The maximum Gasteiger partial charge on any atom is 0.328 e. The molecule has 1 aliphatic rings. The minimum absolute atomic E-state index is 0.132. The maximum atomic E-state index is 12.3. The molecule has 1 atom stereocenters. The van der Waals surface area contributed by atoms with Crippen molar-refractivity contribution in [2.45, 2.75) is 25.8 Å². The van der Waals surface area contributed by atoms with Crippen LogP contribution in [0.25, 0.3) is 0 Å². The minimum atomic E-state index is -0.439. The lowest BCUT2D eigenvalue weighted by atomic mass is 10.2. The Hall–Kier alpha value is -1.91. The van der Waals surface area contributed by atoms with E-state index in [-0.39, 0.29) is 11.9 Å². The van der Waals surface area contributed by atoms with Gasteiger partial charge in [-0.05, 0) is 31.9 Å². The highest BCUT2D eigenvalue weighted by Crippen LogP contribution is 2.21. The van der Waals surface area contributed by atoms with E-state index in [1.54, 1.807) is 36.4 Å². The van der Waals surface area contributed by atoms with Crippen molar-refractivity contribution < 1.29 is 14.3 Å². The number of carbonyl (C=O) groups is 2. The first-order valence-corrected chi connectivity index (χ1v) is 6.11. The van der Waals surface area contributed by atoms with Gasteiger partial charge in [0, 0.05) is 24.5 Å². The number of aromatic nitrogens is 1. The van der Waals surface area contributed by atoms with Gasteiger partial charge in [-0.25, -0.2) is 4.79 Å². The summed E-state index contributed by atoms with van der Waals surface area (Å²) >= 11 is 0. The molecular weight excluding hydrogens is 232 g/mol. The lowest BCUT2D eigenvalue weighted by Gasteiger charge is -2.23. The molecule has 0 aliphatic carbocycles. The molecule has 1 aromatic heterocycles. The second-order valence-corrected chi connectivity index (χ2v) is 4.14. The Labute approximate surface area is 106 Å². The zero-order valence-electron chi connectivity index (χ0n) is 10.3. The average Bonchev–Trinajstić information content (AvgIpc) is 2.88. The van der Waals surface area contributed by atoms with Gasteiger partial charge in [0.1, 0.15) is 6.04 Å². The molecule has 1 fully saturated rings. The molecule has 96 valence electrons. The van der Waals surface area contributed by atoms with Crippen LogP contribution in [0.15, 0.2) is 24.5 Å². The molecule has 1 saturated heterocycles. The standard InChI is InChI=1S/C13H16N2O3/c1-2-18-13(17)11-4-3-9-15(11)12(16)10-5-7-14-8-6-10/h5-8,11H,2-4,9H2,1H3. The summed E-state index contributed by atoms with van der Waals surface area (Å²) < 4.78 is 5.00. The number of amides is 1. The normalized spacial score (nSPS) is 18.7. The van der Waals surface area contributed by atoms with Crippen LogP contribution < -0.4 is 0 Å². The van der Waals surface area contributed by atoms with E-state index in [4.69, 9.17) is 4.74 Å². The van der Waals surface area contributed by atoms with Gasteiger partial charge in [-0.2, -0.15) is 0 Å². The summed E-state index contributed by atoms with van der Waals surface area (Å²) in [5, 5.41) is 0. The molecule has 0 N–H and O–H groups in total. The van der Waals surface area contributed by atoms with Crippen LogP contribution in [0.2, 0.25) is 0 Å². The zero-order valence-corrected chi connectivity index (χ0v) is 10.3. The maximum absolute atomic E-state index is 12.3. The Morgan fingerprint density at radius 2 is 2.17 bits per heavy atom. The first-order valence-electron chi connectivity index (χ1n) is 6.11. The highest BCUT2D eigenvalue weighted by molar-refractivity contribution is 5.97. The van der Waals surface area contributed by atoms with Gasteiger partial charge in [0.2, 0.25) is 0 Å². The van der Waals surface area contributed by atoms with E-state index in [9.17, 15) is 9.59 Å². The van der Waals surface area contributed by atoms with E-state index in [1.807, 2.05) is 0 Å². The third-order valence-electron chi connectivity index (χ3n) is 3.00. The van der Waals surface area contributed by atoms with E-state index in [2.05, 4.69) is 4.98 Å². The Bertz CT molecular complexity index is 433. The number of pyridine rings is 1. The quantitative estimate of drug-likeness (QED) is 0.755. The fourth-order valence-electron chi connectivity index (χ4n) is 2.15. The average molecular weight is 248 g/mol. The summed E-state index contributed by atoms with van der Waals surface area (Å²) in [6.07, 6.45) is 4.65. The SMILES string of the molecule is CCOC(=O)C1CCCN1C(=O)c1ccncc1. The molecule has 18 heavy (non-hydrogen) atoms. The highest BCUT2D eigenvalue weighted by Gasteiger charge is 2.35. The van der Waals surface area contributed by atoms with E-state index in [0.717, 1.165) is 6.42 Å². The number of hydrogen-bond acceptors (Lipinski definition) is 4. The van der Waals surface area contributed by atoms with Gasteiger partial charge >= 0.3 is 5.97 Å². The predicted molar refractivity (Wildman–Crippen MR) is 64.9 cm³/mol. The largest absolute Gasteiger partial charge is 0.464 e. The van der Waals surface area contributed by atoms with Crippen LogP contribution >= 0.6 is 0 Å². The minimum Gasteiger partial charge on any atom is -0.464 e. The van der Waals surface area contributed by atoms with Crippen LogP contribution in [0.4, 0.5) is 0 Å². The Morgan fingerprint density at radius 1 is 1.44 bits per heavy atom. The molecular formula is C13H16N2O3. The molecule has 1 aromatic rings. The summed E-state index contributed by atoms with van der Waals surface area (Å²) in [4.78, 5) is 29.5. The zero-order chi connectivity index (χ0) is 13.0. The van der Waals surface area contributed by atoms with Gasteiger partial charge < -0.3 is 9.64 Å². The summed E-state index contributed by atoms with van der Waals surface area (Å²) in [6.45, 7) is 2.71. The first kappa shape index (κ1) is 12.5. The third kappa shape index (κ3) is 2.50. The number of rotatable bonds is 3. The van der Waals surface area contributed by atoms with Crippen molar-refractivity contribution in [1.82, 2.24) is 9.88 Å². The molecule has 0 bridgehead atoms. The van der Waals surface area contributed by atoms with Gasteiger partial charge in [-0.3, -0.25) is 9.78 Å². The van der Waals surface area contributed by atoms with Crippen molar-refractivity contribution in [3.8, 4) is 0 Å². The molecule has 0 aromatic carbocycles. The summed E-state index contributed by atoms with van der Waals surface area (Å²) in [7, 11) is 0. The van der Waals surface area contributed by atoms with E-state index < -0.39 is 6.04 Å². The summed E-state index contributed by atoms with van der Waals surface area (Å²) in [6, 6.07) is 2.87. The number of esters is 1. The molecule has 1 amide bonds. The van der Waals surface area contributed by atoms with Gasteiger partial charge in [0.25, 0.3) is 5.91 Å². The molecule has 1 aliphatic heterocycles. The van der Waals surface area contributed by atoms with Crippen LogP contribution in [0.1, 0.15) is 30.1 Å². The Balaban J connectivity index is 2.12. The molecule has 5 heteroatoms. The molecule has 5 nitrogen and oxygen atoms in total. The molecule has 2 heterocycles. The van der Waals surface area contributed by atoms with E-state index in [0.29, 0.717) is 25.1 Å². The summed E-state index contributed by atoms with van der Waals surface area (Å²) in [5.74, 6) is -0.439. The second-order valence-electron chi connectivity index (χ2n) is 4.14. The van der Waals surface area contributed by atoms with Crippen molar-refractivity contribution in [1.29, 1.82) is 0 Å². The lowest BCUT2D eigenvalue weighted by Crippen LogP contribution is -2.41. The highest BCUT2D eigenvalue weighted by atomic mass is 16.5. The number of carbonyl (C=O) groups excluding carboxylic acids is 2. The van der Waals surface area contributed by atoms with E-state index in [1.165, 1.54) is 0 Å². The fraction of sp³-hybridized carbons (Fsp3) is 0.462. The fourth-order valence-corrected chi connectivity index (χ4v) is 2.15. The lowest BCUT2D eigenvalue weighted by molar-refractivity contribution is -0.147. The van der Waals surface area contributed by atoms with Crippen LogP contribution in [-0.2, 0) is 9.53 Å². The molecule has 1 unspecified atom stereocenters. The monoisotopic (exact) mass is 248 g/mol. The first-order chi connectivity index (χ1) is 8.74. The second kappa shape index (κ2) is 5.62. The van der Waals surface area contributed by atoms with Crippen molar-refractivity contribution in [2.24, 2.45) is 0 Å². The smallest absolute Gasteiger partial charge is 0.328 e. The van der Waals surface area contributed by atoms with Crippen LogP contribution in [-0.4, -0.2) is 41.0 Å². The van der Waals surface area contributed by atoms with Crippen molar-refractivity contribution in [3.05, 3.63) is 30.1 Å². The third-order valence-corrected chi connectivity index (χ3v) is 3.00. The van der Waals surface area contributed by atoms with E-state index >= 15 is 0 Å². The summed E-state index contributed by atoms with van der Waals surface area (Å²) in [5.41, 5.74) is 0.557. The van der Waals surface area contributed by atoms with Gasteiger partial charge in [-0.15, -0.1) is 0 Å². The predicted octanol–water partition coefficient (Wildman–Crippen LogP) is 1.25. The Morgan fingerprint density at radius 3 is 2.83 bits per heavy atom. The number of hydrogen-bond donors (Lipinski definition) is 0. The Kier molecular flexibility index (Phi) is 3.92. The number of ether oxygens (including phenoxy) is 1. The van der Waals surface area contributed by atoms with Crippen LogP contribution in [0, 0.1) is 0 Å².